The molecule has 0 radical (unpaired) electrons. The molecule has 2 nitrogen and oxygen atoms in total. The van der Waals surface area contributed by atoms with Crippen molar-refractivity contribution in [1.82, 2.24) is 0 Å². The predicted octanol–water partition coefficient (Wildman–Crippen LogP) is 9.28. The smallest absolute Gasteiger partial charge is 0.220 e. The van der Waals surface area contributed by atoms with Gasteiger partial charge in [0.25, 0.3) is 0 Å². The highest BCUT2D eigenvalue weighted by Gasteiger charge is 2.41. The van der Waals surface area contributed by atoms with Crippen LogP contribution in [-0.2, 0) is 9.47 Å². The van der Waals surface area contributed by atoms with Crippen LogP contribution < -0.4 is 0 Å². The Morgan fingerprint density at radius 1 is 0.758 bits per heavy atom. The lowest BCUT2D eigenvalue weighted by Crippen LogP contribution is -2.40. The number of thiocarbonyl (C=S) groups is 2. The highest BCUT2D eigenvalue weighted by atomic mass is 32.2. The zero-order chi connectivity index (χ0) is 24.1. The van der Waals surface area contributed by atoms with Gasteiger partial charge in [-0.05, 0) is 74.8 Å². The molecule has 2 heterocycles. The summed E-state index contributed by atoms with van der Waals surface area (Å²) in [5.74, 6) is 1.29. The highest BCUT2D eigenvalue weighted by molar-refractivity contribution is 8.24. The normalized spacial score (nSPS) is 26.4. The average molecular weight is 551 g/mol. The molecule has 2 bridgehead atoms. The Kier molecular flexibility index (Phi) is 15.8. The molecule has 6 unspecified atom stereocenters. The zero-order valence-corrected chi connectivity index (χ0v) is 25.3. The molecular weight excluding hydrogens is 505 g/mol. The molecule has 6 atom stereocenters. The van der Waals surface area contributed by atoms with Crippen LogP contribution in [0, 0.1) is 11.8 Å². The number of rotatable bonds is 14. The van der Waals surface area contributed by atoms with Gasteiger partial charge in [0.2, 0.25) is 8.77 Å². The van der Waals surface area contributed by atoms with Gasteiger partial charge in [0.05, 0.1) is 13.2 Å². The van der Waals surface area contributed by atoms with E-state index in [1.807, 2.05) is 23.5 Å². The summed E-state index contributed by atoms with van der Waals surface area (Å²) in [7, 11) is 0. The van der Waals surface area contributed by atoms with Crippen molar-refractivity contribution in [3.63, 3.8) is 0 Å². The van der Waals surface area contributed by atoms with E-state index in [1.54, 1.807) is 0 Å². The summed E-state index contributed by atoms with van der Waals surface area (Å²) in [5.41, 5.74) is 0. The largest absolute Gasteiger partial charge is 0.478 e. The fourth-order valence-electron chi connectivity index (χ4n) is 4.69. The molecule has 0 aromatic carbocycles. The number of hydrogen-bond acceptors (Lipinski definition) is 7. The van der Waals surface area contributed by atoms with Crippen LogP contribution in [0.3, 0.4) is 0 Å². The number of fused-ring (bicyclic) bond motifs is 2. The van der Waals surface area contributed by atoms with Crippen LogP contribution in [0.15, 0.2) is 0 Å². The Morgan fingerprint density at radius 3 is 1.55 bits per heavy atom. The van der Waals surface area contributed by atoms with Gasteiger partial charge in [-0.1, -0.05) is 89.7 Å². The molecule has 0 N–H and O–H groups in total. The molecule has 0 aliphatic carbocycles. The number of ether oxygens (including phenoxy) is 2. The summed E-state index contributed by atoms with van der Waals surface area (Å²) in [4.78, 5) is 0. The quantitative estimate of drug-likeness (QED) is 0.198. The van der Waals surface area contributed by atoms with Gasteiger partial charge in [-0.2, -0.15) is 11.8 Å². The van der Waals surface area contributed by atoms with E-state index in [4.69, 9.17) is 33.9 Å². The lowest BCUT2D eigenvalue weighted by molar-refractivity contribution is 0.233. The van der Waals surface area contributed by atoms with Crippen molar-refractivity contribution >= 4 is 68.5 Å². The molecule has 192 valence electrons. The van der Waals surface area contributed by atoms with Gasteiger partial charge in [-0.15, -0.1) is 0 Å². The first-order valence-electron chi connectivity index (χ1n) is 13.3. The zero-order valence-electron chi connectivity index (χ0n) is 21.2. The van der Waals surface area contributed by atoms with Gasteiger partial charge < -0.3 is 9.47 Å². The minimum absolute atomic E-state index is 0.604. The molecule has 0 amide bonds. The molecule has 7 heteroatoms. The molecule has 2 fully saturated rings. The molecule has 2 rings (SSSR count). The van der Waals surface area contributed by atoms with Crippen molar-refractivity contribution in [2.45, 2.75) is 126 Å². The molecule has 33 heavy (non-hydrogen) atoms. The van der Waals surface area contributed by atoms with E-state index >= 15 is 0 Å². The average Bonchev–Trinajstić information content (AvgIpc) is 2.82. The summed E-state index contributed by atoms with van der Waals surface area (Å²) in [6.07, 6.45) is 14.9. The second-order valence-electron chi connectivity index (χ2n) is 9.64. The van der Waals surface area contributed by atoms with E-state index in [2.05, 4.69) is 39.5 Å². The molecule has 0 saturated carbocycles. The third-order valence-corrected chi connectivity index (χ3v) is 12.4. The molecule has 2 aliphatic heterocycles. The summed E-state index contributed by atoms with van der Waals surface area (Å²) >= 11 is 17.1. The number of thioether (sulfide) groups is 3. The van der Waals surface area contributed by atoms with Crippen LogP contribution in [0.2, 0.25) is 0 Å². The third kappa shape index (κ3) is 11.2. The molecule has 2 aliphatic rings. The first-order chi connectivity index (χ1) is 16.0. The van der Waals surface area contributed by atoms with Crippen molar-refractivity contribution in [3.05, 3.63) is 0 Å². The summed E-state index contributed by atoms with van der Waals surface area (Å²) in [6.45, 7) is 10.6. The first-order valence-corrected chi connectivity index (χ1v) is 16.8. The van der Waals surface area contributed by atoms with Crippen LogP contribution in [0.1, 0.15) is 105 Å². The lowest BCUT2D eigenvalue weighted by atomic mass is 9.98. The maximum atomic E-state index is 6.03. The second-order valence-corrected chi connectivity index (χ2v) is 14.8. The topological polar surface area (TPSA) is 18.5 Å². The predicted molar refractivity (Wildman–Crippen MR) is 160 cm³/mol. The van der Waals surface area contributed by atoms with Gasteiger partial charge in [-0.3, -0.25) is 0 Å². The van der Waals surface area contributed by atoms with Gasteiger partial charge in [-0.25, -0.2) is 0 Å². The summed E-state index contributed by atoms with van der Waals surface area (Å²) in [5, 5.41) is 2.60. The number of hydrogen-bond donors (Lipinski definition) is 0. The first kappa shape index (κ1) is 30.1. The molecule has 0 spiro atoms. The lowest BCUT2D eigenvalue weighted by Gasteiger charge is -2.43. The van der Waals surface area contributed by atoms with Crippen LogP contribution in [0.4, 0.5) is 0 Å². The summed E-state index contributed by atoms with van der Waals surface area (Å²) < 4.78 is 13.6. The minimum Gasteiger partial charge on any atom is -0.478 e. The Hall–Kier alpha value is 0.830. The van der Waals surface area contributed by atoms with E-state index in [0.29, 0.717) is 32.8 Å². The number of unbranched alkanes of at least 4 members (excludes halogenated alkanes) is 2. The van der Waals surface area contributed by atoms with E-state index in [0.717, 1.165) is 22.0 Å². The Bertz CT molecular complexity index is 525. The van der Waals surface area contributed by atoms with Gasteiger partial charge in [0.1, 0.15) is 0 Å². The van der Waals surface area contributed by atoms with Crippen molar-refractivity contribution in [2.75, 3.05) is 13.2 Å². The van der Waals surface area contributed by atoms with E-state index in [1.165, 1.54) is 77.0 Å². The third-order valence-electron chi connectivity index (χ3n) is 7.11. The van der Waals surface area contributed by atoms with Crippen molar-refractivity contribution < 1.29 is 9.47 Å². The molecular formula is C26H46O2S5. The Labute approximate surface area is 227 Å². The monoisotopic (exact) mass is 550 g/mol. The Balaban J connectivity index is 1.69. The van der Waals surface area contributed by atoms with E-state index in [9.17, 15) is 0 Å². The maximum absolute atomic E-state index is 6.03. The van der Waals surface area contributed by atoms with Crippen molar-refractivity contribution in [2.24, 2.45) is 11.8 Å². The van der Waals surface area contributed by atoms with Crippen molar-refractivity contribution in [3.8, 4) is 0 Å². The Morgan fingerprint density at radius 2 is 1.18 bits per heavy atom. The van der Waals surface area contributed by atoms with Crippen LogP contribution in [0.25, 0.3) is 0 Å². The standard InChI is InChI=1S/C26H46O2S5/c1-5-9-11-19(7-3)17-27-25(29)32-23-15-13-22-24(16-14-21(23)31-22)33-26(30)28-18-20(8-4)12-10-6-2/h19-24H,5-18H2,1-4H3. The maximum Gasteiger partial charge on any atom is 0.220 e. The van der Waals surface area contributed by atoms with Gasteiger partial charge >= 0.3 is 0 Å². The molecule has 0 aromatic rings. The van der Waals surface area contributed by atoms with Gasteiger partial charge in [0.15, 0.2) is 0 Å². The fourth-order valence-corrected chi connectivity index (χ4v) is 9.75. The molecule has 2 saturated heterocycles. The van der Waals surface area contributed by atoms with Crippen LogP contribution in [0.5, 0.6) is 0 Å². The fraction of sp³-hybridized carbons (Fsp3) is 0.923. The van der Waals surface area contributed by atoms with Crippen LogP contribution in [-0.4, -0.2) is 43.0 Å². The molecule has 0 aromatic heterocycles. The SMILES string of the molecule is CCCCC(CC)COC(=S)SC1CCC2SC1CCC2SC(=S)OCC(CC)CCCC. The van der Waals surface area contributed by atoms with E-state index < -0.39 is 0 Å². The highest BCUT2D eigenvalue weighted by Crippen LogP contribution is 2.49. The van der Waals surface area contributed by atoms with Gasteiger partial charge in [0, 0.05) is 21.0 Å². The minimum atomic E-state index is 0.604. The van der Waals surface area contributed by atoms with Crippen LogP contribution >= 0.6 is 59.7 Å². The summed E-state index contributed by atoms with van der Waals surface area (Å²) in [6, 6.07) is 0. The van der Waals surface area contributed by atoms with Crippen molar-refractivity contribution in [1.29, 1.82) is 0 Å². The van der Waals surface area contributed by atoms with E-state index in [-0.39, 0.29) is 0 Å². The second kappa shape index (κ2) is 17.3.